The lowest BCUT2D eigenvalue weighted by Crippen LogP contribution is -2.23. The van der Waals surface area contributed by atoms with Crippen molar-refractivity contribution in [3.05, 3.63) is 33.9 Å². The summed E-state index contributed by atoms with van der Waals surface area (Å²) in [6.07, 6.45) is 2.67. The van der Waals surface area contributed by atoms with Crippen LogP contribution in [0.4, 0.5) is 0 Å². The Hall–Kier alpha value is -1.64. The number of carbonyl (C=O) groups excluding carboxylic acids is 1. The molecule has 0 fully saturated rings. The quantitative estimate of drug-likeness (QED) is 0.0886. The fourth-order valence-electron chi connectivity index (χ4n) is 4.20. The molecule has 0 spiro atoms. The molecule has 0 bridgehead atoms. The molecule has 0 atom stereocenters. The second-order valence-corrected chi connectivity index (χ2v) is 18.9. The first-order valence-corrected chi connectivity index (χ1v) is 18.9. The molecular formula is C28H47O8PSi. The van der Waals surface area contributed by atoms with E-state index in [4.69, 9.17) is 28.0 Å². The third-order valence-electron chi connectivity index (χ3n) is 6.05. The van der Waals surface area contributed by atoms with Gasteiger partial charge < -0.3 is 28.0 Å². The summed E-state index contributed by atoms with van der Waals surface area (Å²) < 4.78 is 47.6. The van der Waals surface area contributed by atoms with Crippen LogP contribution in [0.25, 0.3) is 0 Å². The Morgan fingerprint density at radius 1 is 1.11 bits per heavy atom. The third-order valence-corrected chi connectivity index (χ3v) is 9.74. The van der Waals surface area contributed by atoms with Gasteiger partial charge in [-0.1, -0.05) is 32.6 Å². The van der Waals surface area contributed by atoms with Crippen molar-refractivity contribution in [1.82, 2.24) is 0 Å². The summed E-state index contributed by atoms with van der Waals surface area (Å²) in [6, 6.07) is 0.966. The van der Waals surface area contributed by atoms with Crippen molar-refractivity contribution in [3.63, 3.8) is 0 Å². The van der Waals surface area contributed by atoms with Crippen LogP contribution < -0.4 is 9.47 Å². The molecule has 1 aromatic carbocycles. The van der Waals surface area contributed by atoms with Crippen LogP contribution >= 0.6 is 7.60 Å². The lowest BCUT2D eigenvalue weighted by Gasteiger charge is -2.23. The minimum atomic E-state index is -3.38. The molecule has 1 aliphatic heterocycles. The van der Waals surface area contributed by atoms with Gasteiger partial charge in [-0.15, -0.1) is 0 Å². The Morgan fingerprint density at radius 2 is 1.74 bits per heavy atom. The van der Waals surface area contributed by atoms with Crippen LogP contribution in [0.2, 0.25) is 25.7 Å². The first kappa shape index (κ1) is 32.6. The molecule has 216 valence electrons. The number of benzene rings is 1. The number of carbonyl (C=O) groups is 1. The SMILES string of the molecule is CC/C(=C\Cc1c(OC)c(C)c2c(c1OCC[Si](C)(C)C)C(=O)OC2)COCP(=O)(OC(C)C)OC(C)C. The van der Waals surface area contributed by atoms with E-state index in [9.17, 15) is 9.36 Å². The van der Waals surface area contributed by atoms with E-state index in [1.807, 2.05) is 41.5 Å². The molecule has 0 radical (unpaired) electrons. The van der Waals surface area contributed by atoms with Crippen LogP contribution in [0.1, 0.15) is 68.1 Å². The number of rotatable bonds is 16. The molecule has 1 aliphatic rings. The second-order valence-electron chi connectivity index (χ2n) is 11.4. The van der Waals surface area contributed by atoms with Crippen molar-refractivity contribution in [2.75, 3.05) is 26.7 Å². The van der Waals surface area contributed by atoms with Crippen molar-refractivity contribution in [1.29, 1.82) is 0 Å². The lowest BCUT2D eigenvalue weighted by atomic mass is 9.94. The highest BCUT2D eigenvalue weighted by molar-refractivity contribution is 7.53. The number of methoxy groups -OCH3 is 1. The third kappa shape index (κ3) is 9.23. The molecule has 8 nitrogen and oxygen atoms in total. The van der Waals surface area contributed by atoms with Gasteiger partial charge in [0.05, 0.1) is 32.5 Å². The monoisotopic (exact) mass is 570 g/mol. The summed E-state index contributed by atoms with van der Waals surface area (Å²) in [7, 11) is -3.09. The molecule has 1 heterocycles. The Kier molecular flexibility index (Phi) is 12.1. The van der Waals surface area contributed by atoms with E-state index in [0.29, 0.717) is 30.1 Å². The van der Waals surface area contributed by atoms with Crippen molar-refractivity contribution in [2.45, 2.75) is 98.9 Å². The number of hydrogen-bond donors (Lipinski definition) is 0. The summed E-state index contributed by atoms with van der Waals surface area (Å²) in [5.41, 5.74) is 4.06. The Balaban J connectivity index is 2.31. The first-order chi connectivity index (χ1) is 17.7. The van der Waals surface area contributed by atoms with E-state index in [0.717, 1.165) is 34.7 Å². The zero-order valence-electron chi connectivity index (χ0n) is 24.9. The summed E-state index contributed by atoms with van der Waals surface area (Å²) in [6.45, 7) is 19.2. The van der Waals surface area contributed by atoms with Crippen molar-refractivity contribution < 1.29 is 37.4 Å². The van der Waals surface area contributed by atoms with E-state index < -0.39 is 15.7 Å². The minimum Gasteiger partial charge on any atom is -0.496 e. The van der Waals surface area contributed by atoms with Crippen LogP contribution in [0, 0.1) is 6.92 Å². The average molecular weight is 571 g/mol. The summed E-state index contributed by atoms with van der Waals surface area (Å²) >= 11 is 0. The van der Waals surface area contributed by atoms with E-state index in [-0.39, 0.29) is 37.7 Å². The van der Waals surface area contributed by atoms with Gasteiger partial charge in [0.1, 0.15) is 30.0 Å². The van der Waals surface area contributed by atoms with E-state index in [1.54, 1.807) is 7.11 Å². The number of cyclic esters (lactones) is 1. The largest absolute Gasteiger partial charge is 0.496 e. The normalized spacial score (nSPS) is 14.3. The van der Waals surface area contributed by atoms with Gasteiger partial charge in [0, 0.05) is 19.2 Å². The van der Waals surface area contributed by atoms with Crippen LogP contribution in [-0.4, -0.2) is 52.9 Å². The van der Waals surface area contributed by atoms with E-state index in [2.05, 4.69) is 25.7 Å². The highest BCUT2D eigenvalue weighted by Gasteiger charge is 2.33. The molecule has 0 aliphatic carbocycles. The molecule has 2 rings (SSSR count). The summed E-state index contributed by atoms with van der Waals surface area (Å²) in [5, 5.41) is 0. The lowest BCUT2D eigenvalue weighted by molar-refractivity contribution is 0.0532. The van der Waals surface area contributed by atoms with Crippen LogP contribution in [0.15, 0.2) is 11.6 Å². The molecule has 0 saturated carbocycles. The van der Waals surface area contributed by atoms with Gasteiger partial charge in [-0.2, -0.15) is 0 Å². The molecule has 0 saturated heterocycles. The first-order valence-electron chi connectivity index (χ1n) is 13.4. The van der Waals surface area contributed by atoms with Crippen LogP contribution in [0.5, 0.6) is 11.5 Å². The number of fused-ring (bicyclic) bond motifs is 1. The van der Waals surface area contributed by atoms with Gasteiger partial charge in [0.15, 0.2) is 0 Å². The summed E-state index contributed by atoms with van der Waals surface area (Å²) in [4.78, 5) is 12.7. The minimum absolute atomic E-state index is 0.126. The van der Waals surface area contributed by atoms with Gasteiger partial charge in [0.25, 0.3) is 0 Å². The molecule has 1 aromatic rings. The Bertz CT molecular complexity index is 1030. The molecule has 0 amide bonds. The Labute approximate surface area is 229 Å². The highest BCUT2D eigenvalue weighted by atomic mass is 31.2. The van der Waals surface area contributed by atoms with Crippen LogP contribution in [0.3, 0.4) is 0 Å². The summed E-state index contributed by atoms with van der Waals surface area (Å²) in [5.74, 6) is 0.901. The number of hydrogen-bond acceptors (Lipinski definition) is 8. The molecule has 38 heavy (non-hydrogen) atoms. The molecule has 10 heteroatoms. The van der Waals surface area contributed by atoms with Crippen molar-refractivity contribution in [3.8, 4) is 11.5 Å². The van der Waals surface area contributed by atoms with Gasteiger partial charge >= 0.3 is 13.6 Å². The van der Waals surface area contributed by atoms with Gasteiger partial charge in [-0.3, -0.25) is 4.57 Å². The predicted molar refractivity (Wildman–Crippen MR) is 153 cm³/mol. The molecule has 0 unspecified atom stereocenters. The second kappa shape index (κ2) is 14.1. The fraction of sp³-hybridized carbons (Fsp3) is 0.679. The highest BCUT2D eigenvalue weighted by Crippen LogP contribution is 2.50. The molecular weight excluding hydrogens is 523 g/mol. The van der Waals surface area contributed by atoms with Gasteiger partial charge in [-0.05, 0) is 64.6 Å². The van der Waals surface area contributed by atoms with Gasteiger partial charge in [-0.25, -0.2) is 4.79 Å². The molecule has 0 N–H and O–H groups in total. The molecule has 0 aromatic heterocycles. The van der Waals surface area contributed by atoms with E-state index in [1.165, 1.54) is 0 Å². The van der Waals surface area contributed by atoms with Gasteiger partial charge in [0.2, 0.25) is 0 Å². The van der Waals surface area contributed by atoms with E-state index >= 15 is 0 Å². The zero-order chi connectivity index (χ0) is 28.7. The Morgan fingerprint density at radius 3 is 2.26 bits per heavy atom. The number of allylic oxidation sites excluding steroid dienone is 1. The van der Waals surface area contributed by atoms with Crippen LogP contribution in [-0.2, 0) is 36.1 Å². The topological polar surface area (TPSA) is 89.5 Å². The average Bonchev–Trinajstić information content (AvgIpc) is 3.17. The predicted octanol–water partition coefficient (Wildman–Crippen LogP) is 7.29. The van der Waals surface area contributed by atoms with Crippen molar-refractivity contribution >= 4 is 21.6 Å². The smallest absolute Gasteiger partial charge is 0.356 e. The number of esters is 1. The zero-order valence-corrected chi connectivity index (χ0v) is 26.8. The number of ether oxygens (including phenoxy) is 4. The maximum absolute atomic E-state index is 13.1. The maximum Gasteiger partial charge on any atom is 0.356 e. The maximum atomic E-state index is 13.1. The standard InChI is InChI=1S/C28H47O8PSi/c1-11-22(16-32-18-37(30,35-19(2)3)36-20(4)5)12-13-23-26(31-7)21(6)24-17-34-28(29)25(24)27(23)33-14-15-38(8,9)10/h12,19-20H,11,13-18H2,1-10H3/b22-12+. The fourth-order valence-corrected chi connectivity index (χ4v) is 6.68. The van der Waals surface area contributed by atoms with Crippen molar-refractivity contribution in [2.24, 2.45) is 0 Å².